The minimum atomic E-state index is -0.841. The van der Waals surface area contributed by atoms with Crippen molar-refractivity contribution in [2.24, 2.45) is 0 Å². The molecule has 1 N–H and O–H groups in total. The molecule has 4 aromatic carbocycles. The summed E-state index contributed by atoms with van der Waals surface area (Å²) in [5.41, 5.74) is 2.56. The second-order valence-corrected chi connectivity index (χ2v) is 8.49. The van der Waals surface area contributed by atoms with E-state index in [9.17, 15) is 9.59 Å². The van der Waals surface area contributed by atoms with E-state index < -0.39 is 6.04 Å². The first kappa shape index (κ1) is 25.5. The van der Waals surface area contributed by atoms with Crippen molar-refractivity contribution >= 4 is 11.8 Å². The van der Waals surface area contributed by atoms with Gasteiger partial charge in [-0.3, -0.25) is 9.59 Å². The lowest BCUT2D eigenvalue weighted by Crippen LogP contribution is -2.45. The Bertz CT molecular complexity index is 1260. The maximum Gasteiger partial charge on any atom is 0.261 e. The molecule has 0 heterocycles. The Hall–Kier alpha value is -4.58. The van der Waals surface area contributed by atoms with Gasteiger partial charge in [0.15, 0.2) is 6.61 Å². The molecule has 0 saturated heterocycles. The maximum absolute atomic E-state index is 13.7. The molecular formula is C31H30N2O4. The molecule has 0 aliphatic heterocycles. The quantitative estimate of drug-likeness (QED) is 0.313. The molecule has 0 spiro atoms. The number of nitrogens with zero attached hydrogens (tertiary/aromatic N) is 1. The van der Waals surface area contributed by atoms with Gasteiger partial charge < -0.3 is 19.7 Å². The second kappa shape index (κ2) is 12.9. The third-order valence-corrected chi connectivity index (χ3v) is 5.92. The van der Waals surface area contributed by atoms with Gasteiger partial charge in [-0.1, -0.05) is 91.0 Å². The molecule has 188 valence electrons. The molecule has 4 rings (SSSR count). The van der Waals surface area contributed by atoms with E-state index in [1.54, 1.807) is 24.1 Å². The third kappa shape index (κ3) is 7.21. The average Bonchev–Trinajstić information content (AvgIpc) is 2.96. The molecule has 0 aliphatic carbocycles. The summed E-state index contributed by atoms with van der Waals surface area (Å²) in [6, 6.07) is 34.8. The zero-order valence-corrected chi connectivity index (χ0v) is 20.7. The molecular weight excluding hydrogens is 464 g/mol. The molecule has 6 nitrogen and oxygen atoms in total. The highest BCUT2D eigenvalue weighted by Gasteiger charge is 2.31. The molecule has 0 aliphatic rings. The van der Waals surface area contributed by atoms with Crippen LogP contribution >= 0.6 is 0 Å². The summed E-state index contributed by atoms with van der Waals surface area (Å²) in [6.45, 7) is 0.388. The van der Waals surface area contributed by atoms with Crippen LogP contribution in [0.1, 0.15) is 22.7 Å². The smallest absolute Gasteiger partial charge is 0.261 e. The number of carbonyl (C=O) groups is 2. The van der Waals surface area contributed by atoms with Crippen molar-refractivity contribution in [3.8, 4) is 11.5 Å². The van der Waals surface area contributed by atoms with Gasteiger partial charge in [-0.2, -0.15) is 0 Å². The van der Waals surface area contributed by atoms with Crippen molar-refractivity contribution < 1.29 is 19.1 Å². The third-order valence-electron chi connectivity index (χ3n) is 5.92. The van der Waals surface area contributed by atoms with E-state index >= 15 is 0 Å². The van der Waals surface area contributed by atoms with Gasteiger partial charge in [0.1, 0.15) is 17.5 Å². The number of benzene rings is 4. The topological polar surface area (TPSA) is 67.9 Å². The highest BCUT2D eigenvalue weighted by Crippen LogP contribution is 2.25. The molecule has 4 aromatic rings. The molecule has 0 unspecified atom stereocenters. The Kier molecular flexibility index (Phi) is 8.92. The molecule has 1 atom stereocenters. The lowest BCUT2D eigenvalue weighted by Gasteiger charge is -2.31. The predicted molar refractivity (Wildman–Crippen MR) is 143 cm³/mol. The van der Waals surface area contributed by atoms with Gasteiger partial charge in [0.2, 0.25) is 5.91 Å². The van der Waals surface area contributed by atoms with E-state index in [1.807, 2.05) is 103 Å². The fraction of sp³-hybridized carbons (Fsp3) is 0.161. The number of hydrogen-bond donors (Lipinski definition) is 1. The maximum atomic E-state index is 13.7. The molecule has 6 heteroatoms. The fourth-order valence-corrected chi connectivity index (χ4v) is 3.99. The summed E-state index contributed by atoms with van der Waals surface area (Å²) in [6.07, 6.45) is 0. The number of ether oxygens (including phenoxy) is 2. The number of para-hydroxylation sites is 1. The normalized spacial score (nSPS) is 11.3. The van der Waals surface area contributed by atoms with Crippen molar-refractivity contribution in [2.45, 2.75) is 19.1 Å². The number of amides is 2. The van der Waals surface area contributed by atoms with Gasteiger partial charge in [0, 0.05) is 13.1 Å². The summed E-state index contributed by atoms with van der Waals surface area (Å²) in [7, 11) is 1.61. The monoisotopic (exact) mass is 494 g/mol. The lowest BCUT2D eigenvalue weighted by atomic mass is 10.0. The van der Waals surface area contributed by atoms with Crippen LogP contribution in [0.3, 0.4) is 0 Å². The van der Waals surface area contributed by atoms with Crippen molar-refractivity contribution in [3.05, 3.63) is 132 Å². The van der Waals surface area contributed by atoms with Crippen LogP contribution in [0.4, 0.5) is 0 Å². The molecule has 0 saturated carbocycles. The first-order valence-corrected chi connectivity index (χ1v) is 12.1. The zero-order chi connectivity index (χ0) is 25.9. The van der Waals surface area contributed by atoms with E-state index in [4.69, 9.17) is 9.47 Å². The summed E-state index contributed by atoms with van der Waals surface area (Å²) >= 11 is 0. The van der Waals surface area contributed by atoms with Gasteiger partial charge in [-0.05, 0) is 41.0 Å². The van der Waals surface area contributed by atoms with Crippen LogP contribution in [0.5, 0.6) is 11.5 Å². The largest absolute Gasteiger partial charge is 0.497 e. The molecule has 0 aromatic heterocycles. The highest BCUT2D eigenvalue weighted by atomic mass is 16.5. The number of rotatable bonds is 11. The van der Waals surface area contributed by atoms with E-state index in [2.05, 4.69) is 5.32 Å². The molecule has 2 amide bonds. The van der Waals surface area contributed by atoms with E-state index in [-0.39, 0.29) is 25.0 Å². The van der Waals surface area contributed by atoms with E-state index in [0.29, 0.717) is 12.3 Å². The van der Waals surface area contributed by atoms with Gasteiger partial charge in [-0.15, -0.1) is 0 Å². The summed E-state index contributed by atoms with van der Waals surface area (Å²) < 4.78 is 11.0. The minimum Gasteiger partial charge on any atom is -0.497 e. The fourth-order valence-electron chi connectivity index (χ4n) is 3.99. The van der Waals surface area contributed by atoms with Crippen LogP contribution in [0, 0.1) is 0 Å². The predicted octanol–water partition coefficient (Wildman–Crippen LogP) is 5.16. The standard InChI is InChI=1S/C31H30N2O4/c1-36-27-19-17-24(18-20-27)21-32-31(35)30(26-13-7-3-8-14-26)33(22-25-11-5-2-6-12-25)29(34)23-37-28-15-9-4-10-16-28/h2-20,30H,21-23H2,1H3,(H,32,35)/t30-/m1/s1. The molecule has 37 heavy (non-hydrogen) atoms. The van der Waals surface area contributed by atoms with Crippen molar-refractivity contribution in [1.82, 2.24) is 10.2 Å². The van der Waals surface area contributed by atoms with Crippen LogP contribution in [-0.2, 0) is 22.7 Å². The second-order valence-electron chi connectivity index (χ2n) is 8.49. The SMILES string of the molecule is COc1ccc(CNC(=O)[C@@H](c2ccccc2)N(Cc2ccccc2)C(=O)COc2ccccc2)cc1. The van der Waals surface area contributed by atoms with Crippen molar-refractivity contribution in [3.63, 3.8) is 0 Å². The van der Waals surface area contributed by atoms with Crippen LogP contribution < -0.4 is 14.8 Å². The van der Waals surface area contributed by atoms with Crippen molar-refractivity contribution in [1.29, 1.82) is 0 Å². The van der Waals surface area contributed by atoms with Crippen LogP contribution in [0.2, 0.25) is 0 Å². The van der Waals surface area contributed by atoms with Gasteiger partial charge in [-0.25, -0.2) is 0 Å². The van der Waals surface area contributed by atoms with E-state index in [1.165, 1.54) is 0 Å². The molecule has 0 fully saturated rings. The van der Waals surface area contributed by atoms with Gasteiger partial charge in [0.25, 0.3) is 5.91 Å². The minimum absolute atomic E-state index is 0.189. The summed E-state index contributed by atoms with van der Waals surface area (Å²) in [5, 5.41) is 3.02. The number of hydrogen-bond acceptors (Lipinski definition) is 4. The molecule has 0 radical (unpaired) electrons. The zero-order valence-electron chi connectivity index (χ0n) is 20.7. The lowest BCUT2D eigenvalue weighted by molar-refractivity contribution is -0.143. The number of methoxy groups -OCH3 is 1. The Balaban J connectivity index is 1.59. The van der Waals surface area contributed by atoms with Crippen LogP contribution in [0.25, 0.3) is 0 Å². The summed E-state index contributed by atoms with van der Waals surface area (Å²) in [5.74, 6) is 0.776. The number of carbonyl (C=O) groups excluding carboxylic acids is 2. The highest BCUT2D eigenvalue weighted by molar-refractivity contribution is 5.89. The van der Waals surface area contributed by atoms with Crippen LogP contribution in [-0.4, -0.2) is 30.4 Å². The van der Waals surface area contributed by atoms with Gasteiger partial charge >= 0.3 is 0 Å². The average molecular weight is 495 g/mol. The van der Waals surface area contributed by atoms with Gasteiger partial charge in [0.05, 0.1) is 7.11 Å². The first-order valence-electron chi connectivity index (χ1n) is 12.1. The Morgan fingerprint density at radius 3 is 1.95 bits per heavy atom. The van der Waals surface area contributed by atoms with E-state index in [0.717, 1.165) is 22.4 Å². The molecule has 0 bridgehead atoms. The van der Waals surface area contributed by atoms with Crippen LogP contribution in [0.15, 0.2) is 115 Å². The number of nitrogens with one attached hydrogen (secondary N) is 1. The first-order chi connectivity index (χ1) is 18.1. The Morgan fingerprint density at radius 2 is 1.32 bits per heavy atom. The van der Waals surface area contributed by atoms with Crippen molar-refractivity contribution in [2.75, 3.05) is 13.7 Å². The Labute approximate surface area is 217 Å². The Morgan fingerprint density at radius 1 is 0.730 bits per heavy atom. The summed E-state index contributed by atoms with van der Waals surface area (Å²) in [4.78, 5) is 28.9.